The van der Waals surface area contributed by atoms with Crippen LogP contribution < -0.4 is 10.5 Å². The van der Waals surface area contributed by atoms with Gasteiger partial charge in [-0.25, -0.2) is 0 Å². The van der Waals surface area contributed by atoms with Crippen molar-refractivity contribution < 1.29 is 4.74 Å². The topological polar surface area (TPSA) is 66.0 Å². The van der Waals surface area contributed by atoms with E-state index in [1.54, 1.807) is 23.0 Å². The van der Waals surface area contributed by atoms with Gasteiger partial charge in [0.05, 0.1) is 15.1 Å². The summed E-state index contributed by atoms with van der Waals surface area (Å²) >= 11 is 6.80. The standard InChI is InChI=1S/C10H10Br2N4O/c1-16-4-7(14-15-16)5-17-10-8(11)2-6(13)3-9(10)12/h2-4H,5,13H2,1H3. The van der Waals surface area contributed by atoms with Gasteiger partial charge in [0.2, 0.25) is 0 Å². The van der Waals surface area contributed by atoms with Crippen molar-refractivity contribution in [2.24, 2.45) is 7.05 Å². The predicted octanol–water partition coefficient (Wildman–Crippen LogP) is 2.50. The molecule has 0 saturated heterocycles. The molecule has 0 fully saturated rings. The lowest BCUT2D eigenvalue weighted by molar-refractivity contribution is 0.297. The van der Waals surface area contributed by atoms with Gasteiger partial charge in [0.25, 0.3) is 0 Å². The Labute approximate surface area is 115 Å². The number of nitrogen functional groups attached to an aromatic ring is 1. The van der Waals surface area contributed by atoms with Crippen LogP contribution in [-0.4, -0.2) is 15.0 Å². The minimum atomic E-state index is 0.356. The normalized spacial score (nSPS) is 10.5. The number of hydrogen-bond donors (Lipinski definition) is 1. The third-order valence-electron chi connectivity index (χ3n) is 2.04. The Bertz CT molecular complexity index is 518. The van der Waals surface area contributed by atoms with Crippen molar-refractivity contribution >= 4 is 37.5 Å². The van der Waals surface area contributed by atoms with Crippen molar-refractivity contribution in [3.05, 3.63) is 33.0 Å². The van der Waals surface area contributed by atoms with E-state index >= 15 is 0 Å². The van der Waals surface area contributed by atoms with E-state index in [2.05, 4.69) is 42.2 Å². The SMILES string of the molecule is Cn1cc(COc2c(Br)cc(N)cc2Br)nn1. The molecule has 0 aliphatic rings. The van der Waals surface area contributed by atoms with Crippen molar-refractivity contribution in [2.45, 2.75) is 6.61 Å². The fourth-order valence-electron chi connectivity index (χ4n) is 1.32. The molecule has 2 N–H and O–H groups in total. The van der Waals surface area contributed by atoms with Crippen LogP contribution >= 0.6 is 31.9 Å². The largest absolute Gasteiger partial charge is 0.485 e. The van der Waals surface area contributed by atoms with E-state index < -0.39 is 0 Å². The first-order valence-electron chi connectivity index (χ1n) is 4.79. The molecule has 17 heavy (non-hydrogen) atoms. The first-order valence-corrected chi connectivity index (χ1v) is 6.37. The van der Waals surface area contributed by atoms with Crippen molar-refractivity contribution in [3.63, 3.8) is 0 Å². The van der Waals surface area contributed by atoms with Gasteiger partial charge in [0.15, 0.2) is 0 Å². The number of anilines is 1. The summed E-state index contributed by atoms with van der Waals surface area (Å²) in [6, 6.07) is 3.58. The first kappa shape index (κ1) is 12.4. The number of nitrogens with zero attached hydrogens (tertiary/aromatic N) is 3. The van der Waals surface area contributed by atoms with E-state index in [-0.39, 0.29) is 0 Å². The third kappa shape index (κ3) is 2.98. The second-order valence-electron chi connectivity index (χ2n) is 3.49. The summed E-state index contributed by atoms with van der Waals surface area (Å²) in [6.45, 7) is 0.356. The second-order valence-corrected chi connectivity index (χ2v) is 5.19. The Balaban J connectivity index is 2.14. The zero-order chi connectivity index (χ0) is 12.4. The molecule has 90 valence electrons. The molecule has 0 spiro atoms. The number of aromatic nitrogens is 3. The van der Waals surface area contributed by atoms with Gasteiger partial charge < -0.3 is 10.5 Å². The molecule has 2 rings (SSSR count). The summed E-state index contributed by atoms with van der Waals surface area (Å²) in [7, 11) is 1.81. The Kier molecular flexibility index (Phi) is 3.68. The average molecular weight is 362 g/mol. The Morgan fingerprint density at radius 1 is 1.35 bits per heavy atom. The highest BCUT2D eigenvalue weighted by atomic mass is 79.9. The Morgan fingerprint density at radius 2 is 2.00 bits per heavy atom. The number of ether oxygens (including phenoxy) is 1. The molecule has 0 radical (unpaired) electrons. The molecule has 0 aliphatic heterocycles. The molecule has 0 unspecified atom stereocenters. The lowest BCUT2D eigenvalue weighted by Crippen LogP contribution is -1.98. The number of halogens is 2. The fourth-order valence-corrected chi connectivity index (χ4v) is 2.78. The summed E-state index contributed by atoms with van der Waals surface area (Å²) in [4.78, 5) is 0. The third-order valence-corrected chi connectivity index (χ3v) is 3.21. The molecule has 0 atom stereocenters. The zero-order valence-corrected chi connectivity index (χ0v) is 12.2. The quantitative estimate of drug-likeness (QED) is 0.853. The minimum Gasteiger partial charge on any atom is -0.485 e. The number of nitrogens with two attached hydrogens (primary N) is 1. The lowest BCUT2D eigenvalue weighted by atomic mass is 10.3. The van der Waals surface area contributed by atoms with Gasteiger partial charge in [-0.1, -0.05) is 5.21 Å². The highest BCUT2D eigenvalue weighted by Crippen LogP contribution is 2.35. The fraction of sp³-hybridized carbons (Fsp3) is 0.200. The molecular weight excluding hydrogens is 352 g/mol. The van der Waals surface area contributed by atoms with Gasteiger partial charge in [-0.15, -0.1) is 5.10 Å². The van der Waals surface area contributed by atoms with Crippen LogP contribution in [0, 0.1) is 0 Å². The van der Waals surface area contributed by atoms with Crippen molar-refractivity contribution in [1.82, 2.24) is 15.0 Å². The molecule has 2 aromatic rings. The Hall–Kier alpha value is -1.08. The molecule has 0 aliphatic carbocycles. The van der Waals surface area contributed by atoms with E-state index in [1.807, 2.05) is 7.05 Å². The molecular formula is C10H10Br2N4O. The maximum absolute atomic E-state index is 5.70. The van der Waals surface area contributed by atoms with Gasteiger partial charge in [-0.2, -0.15) is 0 Å². The average Bonchev–Trinajstić information content (AvgIpc) is 2.62. The summed E-state index contributed by atoms with van der Waals surface area (Å²) in [6.07, 6.45) is 1.80. The van der Waals surface area contributed by atoms with Crippen molar-refractivity contribution in [2.75, 3.05) is 5.73 Å². The lowest BCUT2D eigenvalue weighted by Gasteiger charge is -2.09. The maximum atomic E-state index is 5.70. The number of aryl methyl sites for hydroxylation is 1. The molecule has 7 heteroatoms. The van der Waals surface area contributed by atoms with Crippen molar-refractivity contribution in [3.8, 4) is 5.75 Å². The van der Waals surface area contributed by atoms with E-state index in [0.29, 0.717) is 18.0 Å². The summed E-state index contributed by atoms with van der Waals surface area (Å²) in [5.74, 6) is 0.699. The zero-order valence-electron chi connectivity index (χ0n) is 9.02. The number of rotatable bonds is 3. The van der Waals surface area contributed by atoms with Gasteiger partial charge >= 0.3 is 0 Å². The maximum Gasteiger partial charge on any atom is 0.148 e. The Morgan fingerprint density at radius 3 is 2.53 bits per heavy atom. The highest BCUT2D eigenvalue weighted by Gasteiger charge is 2.09. The molecule has 1 aromatic carbocycles. The van der Waals surface area contributed by atoms with Crippen LogP contribution in [0.15, 0.2) is 27.3 Å². The summed E-state index contributed by atoms with van der Waals surface area (Å²) < 4.78 is 8.89. The van der Waals surface area contributed by atoms with Gasteiger partial charge in [0, 0.05) is 12.7 Å². The van der Waals surface area contributed by atoms with Crippen LogP contribution in [0.5, 0.6) is 5.75 Å². The number of benzene rings is 1. The van der Waals surface area contributed by atoms with Gasteiger partial charge in [-0.3, -0.25) is 4.68 Å². The predicted molar refractivity (Wildman–Crippen MR) is 71.6 cm³/mol. The number of hydrogen-bond acceptors (Lipinski definition) is 4. The monoisotopic (exact) mass is 360 g/mol. The first-order chi connectivity index (χ1) is 8.06. The van der Waals surface area contributed by atoms with E-state index in [1.165, 1.54) is 0 Å². The van der Waals surface area contributed by atoms with Gasteiger partial charge in [0.1, 0.15) is 18.1 Å². The van der Waals surface area contributed by atoms with E-state index in [0.717, 1.165) is 14.6 Å². The molecule has 1 heterocycles. The summed E-state index contributed by atoms with van der Waals surface area (Å²) in [5.41, 5.74) is 7.13. The van der Waals surface area contributed by atoms with Crippen LogP contribution in [0.3, 0.4) is 0 Å². The van der Waals surface area contributed by atoms with Gasteiger partial charge in [-0.05, 0) is 44.0 Å². The molecule has 0 bridgehead atoms. The van der Waals surface area contributed by atoms with Crippen LogP contribution in [-0.2, 0) is 13.7 Å². The van der Waals surface area contributed by atoms with E-state index in [4.69, 9.17) is 10.5 Å². The van der Waals surface area contributed by atoms with Crippen LogP contribution in [0.1, 0.15) is 5.69 Å². The molecule has 1 aromatic heterocycles. The molecule has 5 nitrogen and oxygen atoms in total. The smallest absolute Gasteiger partial charge is 0.148 e. The van der Waals surface area contributed by atoms with Crippen LogP contribution in [0.4, 0.5) is 5.69 Å². The molecule has 0 saturated carbocycles. The summed E-state index contributed by atoms with van der Waals surface area (Å²) in [5, 5.41) is 7.77. The highest BCUT2D eigenvalue weighted by molar-refractivity contribution is 9.11. The van der Waals surface area contributed by atoms with E-state index in [9.17, 15) is 0 Å². The second kappa shape index (κ2) is 5.05. The van der Waals surface area contributed by atoms with Crippen LogP contribution in [0.25, 0.3) is 0 Å². The van der Waals surface area contributed by atoms with Crippen molar-refractivity contribution in [1.29, 1.82) is 0 Å². The minimum absolute atomic E-state index is 0.356. The van der Waals surface area contributed by atoms with Crippen LogP contribution in [0.2, 0.25) is 0 Å². The molecule has 0 amide bonds.